The molecular formula is C17H20BrNO2. The molecule has 0 amide bonds. The number of hydrogen-bond acceptors (Lipinski definition) is 2. The molecule has 0 spiro atoms. The predicted molar refractivity (Wildman–Crippen MR) is 81.5 cm³/mol. The van der Waals surface area contributed by atoms with Crippen LogP contribution in [-0.4, -0.2) is 20.1 Å². The summed E-state index contributed by atoms with van der Waals surface area (Å²) in [5.41, 5.74) is 2.24. The molecule has 0 aromatic heterocycles. The normalized spacial score (nSPS) is 10.6. The zero-order chi connectivity index (χ0) is 14.6. The average Bonchev–Trinajstić information content (AvgIpc) is 2.39. The van der Waals surface area contributed by atoms with Gasteiger partial charge in [-0.1, -0.05) is 42.5 Å². The van der Waals surface area contributed by atoms with Gasteiger partial charge in [0.25, 0.3) is 0 Å². The molecule has 0 aliphatic rings. The molecule has 0 aliphatic heterocycles. The Labute approximate surface area is 136 Å². The molecule has 0 fully saturated rings. The van der Waals surface area contributed by atoms with Gasteiger partial charge in [-0.3, -0.25) is 9.28 Å². The van der Waals surface area contributed by atoms with Crippen LogP contribution in [0.2, 0.25) is 0 Å². The van der Waals surface area contributed by atoms with Gasteiger partial charge in [-0.15, -0.1) is 0 Å². The first-order valence-electron chi connectivity index (χ1n) is 6.64. The van der Waals surface area contributed by atoms with Gasteiger partial charge in [0.1, 0.15) is 6.54 Å². The zero-order valence-electron chi connectivity index (χ0n) is 12.5. The fraction of sp³-hybridized carbons (Fsp3) is 0.235. The molecule has 0 atom stereocenters. The number of benzene rings is 2. The second-order valence-corrected chi connectivity index (χ2v) is 5.39. The maximum absolute atomic E-state index is 11.2. The van der Waals surface area contributed by atoms with Gasteiger partial charge in [0.2, 0.25) is 0 Å². The van der Waals surface area contributed by atoms with Crippen molar-refractivity contribution in [2.24, 2.45) is 0 Å². The molecule has 0 unspecified atom stereocenters. The number of esters is 1. The van der Waals surface area contributed by atoms with Crippen molar-refractivity contribution in [1.82, 2.24) is 4.48 Å². The lowest BCUT2D eigenvalue weighted by atomic mass is 10.1. The van der Waals surface area contributed by atoms with Crippen LogP contribution in [-0.2, 0) is 11.3 Å². The third-order valence-corrected chi connectivity index (χ3v) is 3.19. The highest BCUT2D eigenvalue weighted by Crippen LogP contribution is 2.32. The SMILES string of the molecule is CC(=O)Oc1ccccc1[N+](C)(C)Cc1ccccc1.[Br-]. The van der Waals surface area contributed by atoms with Crippen molar-refractivity contribution in [2.75, 3.05) is 14.1 Å². The van der Waals surface area contributed by atoms with Gasteiger partial charge in [0, 0.05) is 18.6 Å². The molecule has 0 radical (unpaired) electrons. The zero-order valence-corrected chi connectivity index (χ0v) is 14.1. The van der Waals surface area contributed by atoms with Gasteiger partial charge in [-0.25, -0.2) is 0 Å². The number of carbonyl (C=O) groups excluding carboxylic acids is 1. The van der Waals surface area contributed by atoms with Crippen molar-refractivity contribution in [3.63, 3.8) is 0 Å². The largest absolute Gasteiger partial charge is 1.00 e. The summed E-state index contributed by atoms with van der Waals surface area (Å²) in [6.07, 6.45) is 0. The van der Waals surface area contributed by atoms with Gasteiger partial charge >= 0.3 is 5.97 Å². The quantitative estimate of drug-likeness (QED) is 0.453. The van der Waals surface area contributed by atoms with Crippen molar-refractivity contribution >= 4 is 11.7 Å². The van der Waals surface area contributed by atoms with Crippen LogP contribution in [0.3, 0.4) is 0 Å². The number of nitrogens with zero attached hydrogens (tertiary/aromatic N) is 1. The van der Waals surface area contributed by atoms with E-state index in [1.807, 2.05) is 42.5 Å². The minimum Gasteiger partial charge on any atom is -1.00 e. The lowest BCUT2D eigenvalue weighted by Gasteiger charge is -2.30. The number of rotatable bonds is 4. The molecule has 2 rings (SSSR count). The van der Waals surface area contributed by atoms with Crippen LogP contribution in [0.1, 0.15) is 12.5 Å². The summed E-state index contributed by atoms with van der Waals surface area (Å²) >= 11 is 0. The number of quaternary nitrogens is 1. The smallest absolute Gasteiger partial charge is 0.308 e. The molecule has 0 saturated carbocycles. The molecule has 2 aromatic rings. The predicted octanol–water partition coefficient (Wildman–Crippen LogP) is 0.383. The van der Waals surface area contributed by atoms with Crippen LogP contribution in [0.5, 0.6) is 5.75 Å². The first-order valence-corrected chi connectivity index (χ1v) is 6.64. The molecule has 0 heterocycles. The summed E-state index contributed by atoms with van der Waals surface area (Å²) in [4.78, 5) is 11.2. The van der Waals surface area contributed by atoms with E-state index in [4.69, 9.17) is 4.74 Å². The lowest BCUT2D eigenvalue weighted by Crippen LogP contribution is -3.00. The highest BCUT2D eigenvalue weighted by Gasteiger charge is 2.24. The Bertz CT molecular complexity index is 597. The summed E-state index contributed by atoms with van der Waals surface area (Å²) in [5.74, 6) is 0.332. The van der Waals surface area contributed by atoms with Crippen molar-refractivity contribution < 1.29 is 26.5 Å². The number of ether oxygens (including phenoxy) is 1. The van der Waals surface area contributed by atoms with E-state index in [9.17, 15) is 4.79 Å². The Kier molecular flexibility index (Phi) is 6.12. The molecule has 21 heavy (non-hydrogen) atoms. The number of halogens is 1. The Morgan fingerprint density at radius 2 is 1.57 bits per heavy atom. The molecular weight excluding hydrogens is 330 g/mol. The number of para-hydroxylation sites is 2. The molecule has 0 aliphatic carbocycles. The second kappa shape index (κ2) is 7.38. The monoisotopic (exact) mass is 349 g/mol. The van der Waals surface area contributed by atoms with E-state index in [1.165, 1.54) is 12.5 Å². The van der Waals surface area contributed by atoms with Crippen LogP contribution < -0.4 is 26.2 Å². The second-order valence-electron chi connectivity index (χ2n) is 5.39. The molecule has 3 nitrogen and oxygen atoms in total. The first-order chi connectivity index (χ1) is 9.49. The Hall–Kier alpha value is -1.65. The van der Waals surface area contributed by atoms with Gasteiger partial charge in [0.15, 0.2) is 11.4 Å². The van der Waals surface area contributed by atoms with E-state index in [1.54, 1.807) is 0 Å². The maximum atomic E-state index is 11.2. The van der Waals surface area contributed by atoms with Crippen molar-refractivity contribution in [2.45, 2.75) is 13.5 Å². The lowest BCUT2D eigenvalue weighted by molar-refractivity contribution is -0.131. The van der Waals surface area contributed by atoms with Gasteiger partial charge in [-0.05, 0) is 6.07 Å². The summed E-state index contributed by atoms with van der Waals surface area (Å²) in [5, 5.41) is 0. The van der Waals surface area contributed by atoms with Gasteiger partial charge in [-0.2, -0.15) is 0 Å². The van der Waals surface area contributed by atoms with Gasteiger partial charge < -0.3 is 21.7 Å². The third kappa shape index (κ3) is 4.69. The van der Waals surface area contributed by atoms with E-state index in [0.29, 0.717) is 10.2 Å². The van der Waals surface area contributed by atoms with E-state index < -0.39 is 0 Å². The highest BCUT2D eigenvalue weighted by molar-refractivity contribution is 5.72. The van der Waals surface area contributed by atoms with Crippen molar-refractivity contribution in [3.8, 4) is 5.75 Å². The van der Waals surface area contributed by atoms with Crippen LogP contribution in [0.15, 0.2) is 54.6 Å². The van der Waals surface area contributed by atoms with Gasteiger partial charge in [0.05, 0.1) is 14.1 Å². The van der Waals surface area contributed by atoms with Crippen LogP contribution in [0.25, 0.3) is 0 Å². The third-order valence-electron chi connectivity index (χ3n) is 3.19. The minimum absolute atomic E-state index is 0. The van der Waals surface area contributed by atoms with Crippen LogP contribution >= 0.6 is 0 Å². The topological polar surface area (TPSA) is 26.3 Å². The molecule has 0 bridgehead atoms. The Balaban J connectivity index is 0.00000220. The van der Waals surface area contributed by atoms with E-state index in [0.717, 1.165) is 12.2 Å². The van der Waals surface area contributed by atoms with Crippen molar-refractivity contribution in [3.05, 3.63) is 60.2 Å². The maximum Gasteiger partial charge on any atom is 0.308 e. The summed E-state index contributed by atoms with van der Waals surface area (Å²) in [7, 11) is 4.21. The van der Waals surface area contributed by atoms with Crippen molar-refractivity contribution in [1.29, 1.82) is 0 Å². The molecule has 0 N–H and O–H groups in total. The van der Waals surface area contributed by atoms with E-state index >= 15 is 0 Å². The summed E-state index contributed by atoms with van der Waals surface area (Å²) in [6.45, 7) is 2.26. The highest BCUT2D eigenvalue weighted by atomic mass is 79.9. The fourth-order valence-electron chi connectivity index (χ4n) is 2.32. The fourth-order valence-corrected chi connectivity index (χ4v) is 2.32. The molecule has 112 valence electrons. The molecule has 4 heteroatoms. The molecule has 0 saturated heterocycles. The number of hydrogen-bond donors (Lipinski definition) is 0. The van der Waals surface area contributed by atoms with Crippen LogP contribution in [0.4, 0.5) is 5.69 Å². The Morgan fingerprint density at radius 1 is 1.00 bits per heavy atom. The van der Waals surface area contributed by atoms with E-state index in [2.05, 4.69) is 26.2 Å². The summed E-state index contributed by atoms with van der Waals surface area (Å²) in [6, 6.07) is 18.0. The molecule has 2 aromatic carbocycles. The number of carbonyl (C=O) groups is 1. The average molecular weight is 350 g/mol. The van der Waals surface area contributed by atoms with Crippen LogP contribution in [0, 0.1) is 0 Å². The standard InChI is InChI=1S/C17H20NO2.BrH/c1-14(19)20-17-12-8-7-11-16(17)18(2,3)13-15-9-5-4-6-10-15;/h4-12H,13H2,1-3H3;1H/q+1;/p-1. The van der Waals surface area contributed by atoms with E-state index in [-0.39, 0.29) is 23.0 Å². The Morgan fingerprint density at radius 3 is 2.19 bits per heavy atom. The minimum atomic E-state index is -0.294. The summed E-state index contributed by atoms with van der Waals surface area (Å²) < 4.78 is 5.93. The first kappa shape index (κ1) is 17.4.